The number of nitrogens with zero attached hydrogens (tertiary/aromatic N) is 2. The van der Waals surface area contributed by atoms with Gasteiger partial charge in [-0.25, -0.2) is 4.79 Å². The Morgan fingerprint density at radius 2 is 1.87 bits per heavy atom. The van der Waals surface area contributed by atoms with Gasteiger partial charge in [0, 0.05) is 17.8 Å². The van der Waals surface area contributed by atoms with Crippen LogP contribution in [-0.2, 0) is 27.3 Å². The van der Waals surface area contributed by atoms with Crippen molar-refractivity contribution in [1.82, 2.24) is 4.57 Å². The monoisotopic (exact) mass is 409 g/mol. The number of oxime groups is 1. The van der Waals surface area contributed by atoms with Crippen LogP contribution in [-0.4, -0.2) is 41.1 Å². The van der Waals surface area contributed by atoms with Crippen LogP contribution in [0, 0.1) is 0 Å². The predicted octanol–water partition coefficient (Wildman–Crippen LogP) is 2.47. The largest absolute Gasteiger partial charge is 0.481 e. The van der Waals surface area contributed by atoms with Gasteiger partial charge >= 0.3 is 5.97 Å². The van der Waals surface area contributed by atoms with Crippen LogP contribution < -0.4 is 10.5 Å². The van der Waals surface area contributed by atoms with Crippen molar-refractivity contribution in [1.29, 1.82) is 0 Å². The summed E-state index contributed by atoms with van der Waals surface area (Å²) in [5.74, 6) is -1.05. The Hall–Kier alpha value is -3.81. The van der Waals surface area contributed by atoms with Gasteiger partial charge in [0.15, 0.2) is 12.3 Å². The van der Waals surface area contributed by atoms with Gasteiger partial charge in [-0.05, 0) is 24.1 Å². The number of esters is 1. The van der Waals surface area contributed by atoms with Gasteiger partial charge in [0.25, 0.3) is 5.91 Å². The van der Waals surface area contributed by atoms with Crippen molar-refractivity contribution in [2.75, 3.05) is 13.7 Å². The quantitative estimate of drug-likeness (QED) is 0.257. The van der Waals surface area contributed by atoms with Crippen LogP contribution in [0.5, 0.6) is 5.75 Å². The molecule has 3 aromatic rings. The maximum absolute atomic E-state index is 12.0. The minimum atomic E-state index is -0.867. The number of amides is 1. The van der Waals surface area contributed by atoms with Crippen molar-refractivity contribution in [3.63, 3.8) is 0 Å². The number of ether oxygens (including phenoxy) is 2. The maximum Gasteiger partial charge on any atom is 0.343 e. The summed E-state index contributed by atoms with van der Waals surface area (Å²) in [5.41, 5.74) is 8.19. The van der Waals surface area contributed by atoms with Crippen LogP contribution in [0.15, 0.2) is 53.7 Å². The normalized spacial score (nSPS) is 11.5. The number of benzene rings is 2. The molecule has 3 rings (SSSR count). The van der Waals surface area contributed by atoms with Gasteiger partial charge < -0.3 is 25.0 Å². The molecule has 0 aliphatic heterocycles. The van der Waals surface area contributed by atoms with Crippen LogP contribution >= 0.6 is 0 Å². The Bertz CT molecular complexity index is 1100. The van der Waals surface area contributed by atoms with E-state index in [4.69, 9.17) is 10.5 Å². The van der Waals surface area contributed by atoms with E-state index in [1.54, 1.807) is 12.1 Å². The van der Waals surface area contributed by atoms with Crippen molar-refractivity contribution in [2.45, 2.75) is 19.9 Å². The zero-order chi connectivity index (χ0) is 21.7. The molecule has 0 fully saturated rings. The molecule has 0 radical (unpaired) electrons. The summed E-state index contributed by atoms with van der Waals surface area (Å²) in [5, 5.41) is 13.3. The van der Waals surface area contributed by atoms with Crippen LogP contribution in [0.1, 0.15) is 23.7 Å². The van der Waals surface area contributed by atoms with Crippen molar-refractivity contribution in [2.24, 2.45) is 10.9 Å². The van der Waals surface area contributed by atoms with E-state index in [0.717, 1.165) is 16.8 Å². The Balaban J connectivity index is 2.28. The number of nitrogens with two attached hydrogens (primary N) is 1. The molecule has 30 heavy (non-hydrogen) atoms. The summed E-state index contributed by atoms with van der Waals surface area (Å²) in [6.07, 6.45) is 0.541. The minimum absolute atomic E-state index is 0.266. The van der Waals surface area contributed by atoms with Crippen molar-refractivity contribution in [3.8, 4) is 5.75 Å². The Labute approximate surface area is 173 Å². The van der Waals surface area contributed by atoms with Gasteiger partial charge in [0.1, 0.15) is 5.75 Å². The van der Waals surface area contributed by atoms with Crippen LogP contribution in [0.4, 0.5) is 0 Å². The highest BCUT2D eigenvalue weighted by Crippen LogP contribution is 2.35. The zero-order valence-electron chi connectivity index (χ0n) is 16.8. The van der Waals surface area contributed by atoms with Gasteiger partial charge in [0.2, 0.25) is 0 Å². The number of primary amides is 1. The van der Waals surface area contributed by atoms with E-state index < -0.39 is 11.9 Å². The van der Waals surface area contributed by atoms with E-state index in [1.807, 2.05) is 47.9 Å². The molecule has 1 heterocycles. The van der Waals surface area contributed by atoms with E-state index in [9.17, 15) is 14.8 Å². The standard InChI is InChI=1S/C22H23N3O5/c1-3-15-20(21(24-28)22(23)27)19-16(25(15)12-14-8-5-4-6-9-14)10-7-11-17(19)30-13-18(26)29-2/h4-11,28H,3,12-13H2,1-2H3,(H2,23,27)/b24-21-. The van der Waals surface area contributed by atoms with Crippen molar-refractivity contribution >= 4 is 28.5 Å². The fourth-order valence-corrected chi connectivity index (χ4v) is 3.53. The summed E-state index contributed by atoms with van der Waals surface area (Å²) in [6.45, 7) is 2.16. The maximum atomic E-state index is 12.0. The molecule has 0 aliphatic carbocycles. The highest BCUT2D eigenvalue weighted by Gasteiger charge is 2.26. The summed E-state index contributed by atoms with van der Waals surface area (Å²) >= 11 is 0. The summed E-state index contributed by atoms with van der Waals surface area (Å²) in [4.78, 5) is 23.6. The van der Waals surface area contributed by atoms with E-state index in [2.05, 4.69) is 9.89 Å². The van der Waals surface area contributed by atoms with Gasteiger partial charge in [-0.2, -0.15) is 0 Å². The molecule has 8 nitrogen and oxygen atoms in total. The fourth-order valence-electron chi connectivity index (χ4n) is 3.53. The molecule has 0 aliphatic rings. The first-order valence-corrected chi connectivity index (χ1v) is 9.41. The second kappa shape index (κ2) is 9.13. The highest BCUT2D eigenvalue weighted by atomic mass is 16.6. The van der Waals surface area contributed by atoms with Crippen LogP contribution in [0.25, 0.3) is 10.9 Å². The first-order chi connectivity index (χ1) is 14.5. The van der Waals surface area contributed by atoms with E-state index in [1.165, 1.54) is 7.11 Å². The first-order valence-electron chi connectivity index (χ1n) is 9.41. The molecule has 156 valence electrons. The summed E-state index contributed by atoms with van der Waals surface area (Å²) in [6, 6.07) is 15.2. The van der Waals surface area contributed by atoms with Gasteiger partial charge in [-0.15, -0.1) is 0 Å². The number of carbonyl (C=O) groups is 2. The molecule has 0 atom stereocenters. The molecular weight excluding hydrogens is 386 g/mol. The van der Waals surface area contributed by atoms with Crippen molar-refractivity contribution in [3.05, 3.63) is 65.4 Å². The van der Waals surface area contributed by atoms with E-state index in [0.29, 0.717) is 29.7 Å². The molecule has 0 saturated carbocycles. The second-order valence-electron chi connectivity index (χ2n) is 6.57. The third kappa shape index (κ3) is 3.98. The lowest BCUT2D eigenvalue weighted by Crippen LogP contribution is -2.25. The number of methoxy groups -OCH3 is 1. The number of aromatic nitrogens is 1. The molecule has 0 bridgehead atoms. The van der Waals surface area contributed by atoms with Gasteiger partial charge in [-0.1, -0.05) is 48.5 Å². The zero-order valence-corrected chi connectivity index (χ0v) is 16.8. The van der Waals surface area contributed by atoms with Crippen LogP contribution in [0.3, 0.4) is 0 Å². The van der Waals surface area contributed by atoms with E-state index in [-0.39, 0.29) is 12.3 Å². The van der Waals surface area contributed by atoms with Crippen LogP contribution in [0.2, 0.25) is 0 Å². The third-order valence-corrected chi connectivity index (χ3v) is 4.82. The second-order valence-corrected chi connectivity index (χ2v) is 6.57. The lowest BCUT2D eigenvalue weighted by molar-refractivity contribution is -0.142. The Morgan fingerprint density at radius 3 is 2.47 bits per heavy atom. The summed E-state index contributed by atoms with van der Waals surface area (Å²) in [7, 11) is 1.27. The Kier molecular flexibility index (Phi) is 6.36. The van der Waals surface area contributed by atoms with E-state index >= 15 is 0 Å². The molecule has 0 saturated heterocycles. The first kappa shape index (κ1) is 20.9. The fraction of sp³-hybridized carbons (Fsp3) is 0.227. The molecule has 0 spiro atoms. The molecule has 8 heteroatoms. The lowest BCUT2D eigenvalue weighted by atomic mass is 10.0. The molecule has 1 aromatic heterocycles. The average Bonchev–Trinajstić information content (AvgIpc) is 3.06. The molecule has 0 unspecified atom stereocenters. The summed E-state index contributed by atoms with van der Waals surface area (Å²) < 4.78 is 12.3. The van der Waals surface area contributed by atoms with Gasteiger partial charge in [-0.3, -0.25) is 4.79 Å². The minimum Gasteiger partial charge on any atom is -0.481 e. The number of carbonyl (C=O) groups excluding carboxylic acids is 2. The highest BCUT2D eigenvalue weighted by molar-refractivity contribution is 6.47. The number of fused-ring (bicyclic) bond motifs is 1. The number of hydrogen-bond donors (Lipinski definition) is 2. The average molecular weight is 409 g/mol. The predicted molar refractivity (Wildman–Crippen MR) is 112 cm³/mol. The molecule has 2 aromatic carbocycles. The molecule has 3 N–H and O–H groups in total. The smallest absolute Gasteiger partial charge is 0.343 e. The number of hydrogen-bond acceptors (Lipinski definition) is 6. The molecule has 1 amide bonds. The Morgan fingerprint density at radius 1 is 1.13 bits per heavy atom. The SMILES string of the molecule is CCc1c(/C(=N/O)C(N)=O)c2c(OCC(=O)OC)cccc2n1Cc1ccccc1. The molecular formula is C22H23N3O5. The topological polar surface area (TPSA) is 116 Å². The lowest BCUT2D eigenvalue weighted by Gasteiger charge is -2.11. The van der Waals surface area contributed by atoms with Gasteiger partial charge in [0.05, 0.1) is 18.0 Å². The number of rotatable bonds is 8. The van der Waals surface area contributed by atoms with Crippen molar-refractivity contribution < 1.29 is 24.3 Å². The third-order valence-electron chi connectivity index (χ3n) is 4.82.